The number of halogens is 2. The predicted octanol–water partition coefficient (Wildman–Crippen LogP) is 6.31. The Hall–Kier alpha value is -2.49. The van der Waals surface area contributed by atoms with Crippen molar-refractivity contribution in [2.24, 2.45) is 0 Å². The summed E-state index contributed by atoms with van der Waals surface area (Å²) in [6.45, 7) is 0. The first-order valence-electron chi connectivity index (χ1n) is 7.36. The Bertz CT molecular complexity index is 893. The molecule has 2 aromatic carbocycles. The van der Waals surface area contributed by atoms with Crippen LogP contribution in [0.4, 0.5) is 0 Å². The highest BCUT2D eigenvalue weighted by Crippen LogP contribution is 2.34. The fourth-order valence-electron chi connectivity index (χ4n) is 2.55. The van der Waals surface area contributed by atoms with E-state index >= 15 is 0 Å². The molecule has 4 rings (SSSR count). The molecule has 0 amide bonds. The highest BCUT2D eigenvalue weighted by atomic mass is 35.5. The van der Waals surface area contributed by atoms with Crippen molar-refractivity contribution >= 4 is 23.2 Å². The van der Waals surface area contributed by atoms with Gasteiger partial charge in [0.15, 0.2) is 11.6 Å². The summed E-state index contributed by atoms with van der Waals surface area (Å²) >= 11 is 12.0. The molecule has 2 heterocycles. The lowest BCUT2D eigenvalue weighted by atomic mass is 10.1. The van der Waals surface area contributed by atoms with E-state index in [1.165, 1.54) is 0 Å². The highest BCUT2D eigenvalue weighted by Gasteiger charge is 2.16. The quantitative estimate of drug-likeness (QED) is 0.468. The van der Waals surface area contributed by atoms with Crippen molar-refractivity contribution in [3.05, 3.63) is 77.0 Å². The van der Waals surface area contributed by atoms with E-state index in [1.807, 2.05) is 60.7 Å². The van der Waals surface area contributed by atoms with Gasteiger partial charge in [0.05, 0.1) is 17.7 Å². The summed E-state index contributed by atoms with van der Waals surface area (Å²) in [7, 11) is 0. The molecule has 0 bridgehead atoms. The van der Waals surface area contributed by atoms with Gasteiger partial charge in [-0.25, -0.2) is 4.98 Å². The number of H-pyrrole nitrogens is 1. The Labute approximate surface area is 148 Å². The zero-order valence-electron chi connectivity index (χ0n) is 12.5. The van der Waals surface area contributed by atoms with Crippen LogP contribution in [0.25, 0.3) is 34.1 Å². The number of nitrogens with one attached hydrogen (secondary N) is 1. The molecule has 0 fully saturated rings. The Morgan fingerprint density at radius 1 is 0.792 bits per heavy atom. The van der Waals surface area contributed by atoms with Crippen molar-refractivity contribution in [2.45, 2.75) is 0 Å². The third-order valence-electron chi connectivity index (χ3n) is 3.71. The molecular formula is C19H12Cl2N2O. The zero-order chi connectivity index (χ0) is 16.5. The van der Waals surface area contributed by atoms with Gasteiger partial charge in [-0.2, -0.15) is 0 Å². The molecule has 0 saturated carbocycles. The maximum atomic E-state index is 6.00. The van der Waals surface area contributed by atoms with Gasteiger partial charge in [0.2, 0.25) is 0 Å². The number of benzene rings is 2. The zero-order valence-corrected chi connectivity index (χ0v) is 14.0. The summed E-state index contributed by atoms with van der Waals surface area (Å²) in [5.74, 6) is 1.36. The standard InChI is InChI=1S/C19H12Cl2N2O/c20-14-7-3-12(4-8-14)17-18(13-5-9-15(21)10-6-13)23-19(22-17)16-2-1-11-24-16/h1-11H,(H,22,23). The molecular weight excluding hydrogens is 343 g/mol. The lowest BCUT2D eigenvalue weighted by Crippen LogP contribution is -1.83. The fourth-order valence-corrected chi connectivity index (χ4v) is 2.80. The Morgan fingerprint density at radius 3 is 2.00 bits per heavy atom. The minimum Gasteiger partial charge on any atom is -0.461 e. The van der Waals surface area contributed by atoms with E-state index in [0.717, 1.165) is 22.5 Å². The minimum atomic E-state index is 0.676. The van der Waals surface area contributed by atoms with Gasteiger partial charge in [0.1, 0.15) is 0 Å². The smallest absolute Gasteiger partial charge is 0.174 e. The second-order valence-corrected chi connectivity index (χ2v) is 6.17. The Morgan fingerprint density at radius 2 is 1.42 bits per heavy atom. The molecule has 2 aromatic heterocycles. The molecule has 3 nitrogen and oxygen atoms in total. The number of rotatable bonds is 3. The van der Waals surface area contributed by atoms with Gasteiger partial charge in [-0.05, 0) is 36.4 Å². The van der Waals surface area contributed by atoms with Gasteiger partial charge in [0.25, 0.3) is 0 Å². The number of nitrogens with zero attached hydrogens (tertiary/aromatic N) is 1. The molecule has 1 N–H and O–H groups in total. The van der Waals surface area contributed by atoms with Crippen LogP contribution >= 0.6 is 23.2 Å². The van der Waals surface area contributed by atoms with Gasteiger partial charge in [-0.3, -0.25) is 0 Å². The normalized spacial score (nSPS) is 10.9. The van der Waals surface area contributed by atoms with Crippen LogP contribution in [0.2, 0.25) is 10.0 Å². The van der Waals surface area contributed by atoms with Crippen LogP contribution in [-0.2, 0) is 0 Å². The van der Waals surface area contributed by atoms with Crippen molar-refractivity contribution in [1.82, 2.24) is 9.97 Å². The third-order valence-corrected chi connectivity index (χ3v) is 4.21. The van der Waals surface area contributed by atoms with Crippen molar-refractivity contribution < 1.29 is 4.42 Å². The number of hydrogen-bond donors (Lipinski definition) is 1. The van der Waals surface area contributed by atoms with E-state index in [0.29, 0.717) is 21.6 Å². The van der Waals surface area contributed by atoms with Gasteiger partial charge in [-0.15, -0.1) is 0 Å². The first-order valence-corrected chi connectivity index (χ1v) is 8.12. The van der Waals surface area contributed by atoms with Crippen molar-refractivity contribution in [3.63, 3.8) is 0 Å². The predicted molar refractivity (Wildman–Crippen MR) is 97.2 cm³/mol. The average molecular weight is 355 g/mol. The summed E-state index contributed by atoms with van der Waals surface area (Å²) in [5, 5.41) is 1.38. The largest absolute Gasteiger partial charge is 0.461 e. The second-order valence-electron chi connectivity index (χ2n) is 5.30. The molecule has 118 valence electrons. The van der Waals surface area contributed by atoms with Crippen LogP contribution in [0.1, 0.15) is 0 Å². The summed E-state index contributed by atoms with van der Waals surface area (Å²) in [6, 6.07) is 18.9. The van der Waals surface area contributed by atoms with E-state index < -0.39 is 0 Å². The molecule has 0 unspecified atom stereocenters. The molecule has 24 heavy (non-hydrogen) atoms. The molecule has 0 atom stereocenters. The molecule has 4 aromatic rings. The van der Waals surface area contributed by atoms with Crippen LogP contribution in [-0.4, -0.2) is 9.97 Å². The van der Waals surface area contributed by atoms with E-state index in [9.17, 15) is 0 Å². The fraction of sp³-hybridized carbons (Fsp3) is 0. The average Bonchev–Trinajstić information content (AvgIpc) is 3.26. The van der Waals surface area contributed by atoms with Crippen LogP contribution in [0.5, 0.6) is 0 Å². The maximum Gasteiger partial charge on any atom is 0.174 e. The van der Waals surface area contributed by atoms with Gasteiger partial charge in [-0.1, -0.05) is 47.5 Å². The van der Waals surface area contributed by atoms with E-state index in [1.54, 1.807) is 6.26 Å². The van der Waals surface area contributed by atoms with Crippen molar-refractivity contribution in [2.75, 3.05) is 0 Å². The molecule has 0 radical (unpaired) electrons. The minimum absolute atomic E-state index is 0.676. The number of hydrogen-bond acceptors (Lipinski definition) is 2. The number of aromatic amines is 1. The molecule has 0 aliphatic heterocycles. The van der Waals surface area contributed by atoms with Gasteiger partial charge < -0.3 is 9.40 Å². The molecule has 0 aliphatic carbocycles. The summed E-state index contributed by atoms with van der Waals surface area (Å²) in [4.78, 5) is 8.08. The highest BCUT2D eigenvalue weighted by molar-refractivity contribution is 6.31. The van der Waals surface area contributed by atoms with E-state index in [4.69, 9.17) is 32.6 Å². The molecule has 5 heteroatoms. The first kappa shape index (κ1) is 15.1. The van der Waals surface area contributed by atoms with Crippen molar-refractivity contribution in [3.8, 4) is 34.1 Å². The summed E-state index contributed by atoms with van der Waals surface area (Å²) in [6.07, 6.45) is 1.63. The summed E-state index contributed by atoms with van der Waals surface area (Å²) in [5.41, 5.74) is 3.70. The van der Waals surface area contributed by atoms with Crippen LogP contribution in [0.15, 0.2) is 71.3 Å². The topological polar surface area (TPSA) is 41.8 Å². The van der Waals surface area contributed by atoms with Crippen LogP contribution in [0, 0.1) is 0 Å². The monoisotopic (exact) mass is 354 g/mol. The van der Waals surface area contributed by atoms with Crippen LogP contribution in [0.3, 0.4) is 0 Å². The lowest BCUT2D eigenvalue weighted by molar-refractivity contribution is 0.578. The van der Waals surface area contributed by atoms with Crippen molar-refractivity contribution in [1.29, 1.82) is 0 Å². The number of furan rings is 1. The molecule has 0 aliphatic rings. The van der Waals surface area contributed by atoms with E-state index in [-0.39, 0.29) is 0 Å². The number of imidazole rings is 1. The Balaban J connectivity index is 1.89. The van der Waals surface area contributed by atoms with Gasteiger partial charge >= 0.3 is 0 Å². The Kier molecular flexibility index (Phi) is 3.89. The molecule has 0 saturated heterocycles. The van der Waals surface area contributed by atoms with Gasteiger partial charge in [0, 0.05) is 21.2 Å². The lowest BCUT2D eigenvalue weighted by Gasteiger charge is -2.03. The van der Waals surface area contributed by atoms with E-state index in [2.05, 4.69) is 4.98 Å². The SMILES string of the molecule is Clc1ccc(-c2nc(-c3ccco3)[nH]c2-c2ccc(Cl)cc2)cc1. The summed E-state index contributed by atoms with van der Waals surface area (Å²) < 4.78 is 5.46. The maximum absolute atomic E-state index is 6.00. The molecule has 0 spiro atoms. The van der Waals surface area contributed by atoms with Crippen LogP contribution < -0.4 is 0 Å². The third kappa shape index (κ3) is 2.84. The first-order chi connectivity index (χ1) is 11.7. The second kappa shape index (κ2) is 6.19. The number of aromatic nitrogens is 2.